The van der Waals surface area contributed by atoms with E-state index >= 15 is 0 Å². The van der Waals surface area contributed by atoms with Crippen molar-refractivity contribution in [1.29, 1.82) is 0 Å². The summed E-state index contributed by atoms with van der Waals surface area (Å²) in [6, 6.07) is 8.08. The van der Waals surface area contributed by atoms with Gasteiger partial charge in [-0.15, -0.1) is 0 Å². The fourth-order valence-electron chi connectivity index (χ4n) is 4.85. The first-order valence-corrected chi connectivity index (χ1v) is 8.48. The summed E-state index contributed by atoms with van der Waals surface area (Å²) >= 11 is 0. The van der Waals surface area contributed by atoms with Gasteiger partial charge in [0.05, 0.1) is 0 Å². The average Bonchev–Trinajstić information content (AvgIpc) is 2.96. The molecule has 1 aromatic rings. The van der Waals surface area contributed by atoms with E-state index in [0.29, 0.717) is 11.8 Å². The first kappa shape index (κ1) is 13.6. The van der Waals surface area contributed by atoms with Gasteiger partial charge in [0, 0.05) is 18.1 Å². The maximum atomic E-state index is 9.94. The molecule has 2 heterocycles. The number of phenols is 1. The molecule has 3 atom stereocenters. The van der Waals surface area contributed by atoms with Crippen molar-refractivity contribution in [3.8, 4) is 5.75 Å². The molecule has 2 aliphatic heterocycles. The Labute approximate surface area is 127 Å². The number of piperidine rings is 1. The van der Waals surface area contributed by atoms with Crippen LogP contribution in [0.5, 0.6) is 5.75 Å². The molecule has 0 amide bonds. The fourth-order valence-corrected chi connectivity index (χ4v) is 4.85. The summed E-state index contributed by atoms with van der Waals surface area (Å²) in [5, 5.41) is 13.7. The van der Waals surface area contributed by atoms with Crippen LogP contribution in [-0.4, -0.2) is 35.7 Å². The Kier molecular flexibility index (Phi) is 3.43. The molecule has 3 heteroatoms. The predicted molar refractivity (Wildman–Crippen MR) is 84.5 cm³/mol. The van der Waals surface area contributed by atoms with Gasteiger partial charge in [0.15, 0.2) is 0 Å². The largest absolute Gasteiger partial charge is 0.508 e. The third-order valence-electron chi connectivity index (χ3n) is 6.09. The van der Waals surface area contributed by atoms with Crippen LogP contribution < -0.4 is 5.32 Å². The molecular weight excluding hydrogens is 260 g/mol. The van der Waals surface area contributed by atoms with Crippen LogP contribution in [0.25, 0.3) is 0 Å². The molecule has 114 valence electrons. The fraction of sp³-hybridized carbons (Fsp3) is 0.667. The van der Waals surface area contributed by atoms with Crippen molar-refractivity contribution >= 4 is 0 Å². The van der Waals surface area contributed by atoms with Crippen LogP contribution in [-0.2, 0) is 6.42 Å². The van der Waals surface area contributed by atoms with Crippen LogP contribution in [0, 0.1) is 5.92 Å². The van der Waals surface area contributed by atoms with Crippen LogP contribution in [0.2, 0.25) is 0 Å². The van der Waals surface area contributed by atoms with Crippen LogP contribution in [0.15, 0.2) is 18.2 Å². The number of rotatable bonds is 3. The predicted octanol–water partition coefficient (Wildman–Crippen LogP) is 2.84. The van der Waals surface area contributed by atoms with Crippen molar-refractivity contribution in [2.75, 3.05) is 13.6 Å². The van der Waals surface area contributed by atoms with Crippen molar-refractivity contribution in [1.82, 2.24) is 10.2 Å². The molecule has 3 nitrogen and oxygen atoms in total. The lowest BCUT2D eigenvalue weighted by atomic mass is 9.90. The number of nitrogens with one attached hydrogen (secondary N) is 1. The van der Waals surface area contributed by atoms with Crippen LogP contribution in [0.4, 0.5) is 0 Å². The summed E-state index contributed by atoms with van der Waals surface area (Å²) in [6.45, 7) is 1.14. The van der Waals surface area contributed by atoms with Gasteiger partial charge in [0.1, 0.15) is 5.75 Å². The zero-order chi connectivity index (χ0) is 14.4. The second-order valence-electron chi connectivity index (χ2n) is 7.23. The van der Waals surface area contributed by atoms with Crippen molar-refractivity contribution in [2.45, 2.75) is 56.7 Å². The van der Waals surface area contributed by atoms with Gasteiger partial charge in [-0.05, 0) is 75.2 Å². The number of fused-ring (bicyclic) bond motifs is 3. The molecule has 0 spiro atoms. The van der Waals surface area contributed by atoms with E-state index in [1.165, 1.54) is 36.8 Å². The Balaban J connectivity index is 1.38. The lowest BCUT2D eigenvalue weighted by Gasteiger charge is -2.36. The number of benzene rings is 1. The van der Waals surface area contributed by atoms with Gasteiger partial charge in [-0.1, -0.05) is 12.1 Å². The topological polar surface area (TPSA) is 35.5 Å². The molecule has 0 saturated carbocycles. The number of hydrogen-bond donors (Lipinski definition) is 2. The van der Waals surface area contributed by atoms with Gasteiger partial charge in [-0.3, -0.25) is 0 Å². The summed E-state index contributed by atoms with van der Waals surface area (Å²) in [6.07, 6.45) is 7.67. The van der Waals surface area contributed by atoms with Gasteiger partial charge in [-0.2, -0.15) is 0 Å². The van der Waals surface area contributed by atoms with E-state index in [1.807, 2.05) is 12.1 Å². The zero-order valence-electron chi connectivity index (χ0n) is 12.9. The maximum Gasteiger partial charge on any atom is 0.119 e. The maximum absolute atomic E-state index is 9.94. The van der Waals surface area contributed by atoms with E-state index in [-0.39, 0.29) is 0 Å². The minimum Gasteiger partial charge on any atom is -0.508 e. The molecule has 3 unspecified atom stereocenters. The van der Waals surface area contributed by atoms with Crippen LogP contribution in [0.1, 0.15) is 49.3 Å². The summed E-state index contributed by atoms with van der Waals surface area (Å²) in [5.41, 5.74) is 2.49. The lowest BCUT2D eigenvalue weighted by molar-refractivity contribution is 0.131. The van der Waals surface area contributed by atoms with Crippen LogP contribution >= 0.6 is 0 Å². The molecule has 3 aliphatic rings. The molecule has 21 heavy (non-hydrogen) atoms. The standard InChI is InChI=1S/C18H26N2O/c1-20-13-5-6-14(20)10-12(9-13)11-19-17-8-7-16-15(17)3-2-4-18(16)21/h2-4,12-14,17,19,21H,5-11H2,1H3. The zero-order valence-corrected chi connectivity index (χ0v) is 12.9. The highest BCUT2D eigenvalue weighted by Crippen LogP contribution is 2.39. The lowest BCUT2D eigenvalue weighted by Crippen LogP contribution is -2.42. The summed E-state index contributed by atoms with van der Waals surface area (Å²) < 4.78 is 0. The quantitative estimate of drug-likeness (QED) is 0.897. The Hall–Kier alpha value is -1.06. The second kappa shape index (κ2) is 5.29. The van der Waals surface area contributed by atoms with Gasteiger partial charge < -0.3 is 15.3 Å². The Bertz CT molecular complexity index is 516. The SMILES string of the molecule is CN1C2CCC1CC(CNC1CCc3c(O)cccc31)C2. The van der Waals surface area contributed by atoms with Crippen molar-refractivity contribution < 1.29 is 5.11 Å². The molecule has 0 radical (unpaired) electrons. The number of phenolic OH excluding ortho intramolecular Hbond substituents is 1. The highest BCUT2D eigenvalue weighted by molar-refractivity contribution is 5.44. The van der Waals surface area contributed by atoms with Crippen molar-refractivity contribution in [2.24, 2.45) is 5.92 Å². The summed E-state index contributed by atoms with van der Waals surface area (Å²) in [4.78, 5) is 2.61. The van der Waals surface area contributed by atoms with Gasteiger partial charge in [0.25, 0.3) is 0 Å². The Morgan fingerprint density at radius 1 is 1.19 bits per heavy atom. The highest BCUT2D eigenvalue weighted by Gasteiger charge is 2.38. The molecule has 2 saturated heterocycles. The van der Waals surface area contributed by atoms with E-state index < -0.39 is 0 Å². The molecule has 1 aromatic carbocycles. The normalized spacial score (nSPS) is 35.1. The Morgan fingerprint density at radius 3 is 2.71 bits per heavy atom. The molecule has 2 fully saturated rings. The van der Waals surface area contributed by atoms with Gasteiger partial charge in [0.2, 0.25) is 0 Å². The number of hydrogen-bond acceptors (Lipinski definition) is 3. The van der Waals surface area contributed by atoms with E-state index in [9.17, 15) is 5.11 Å². The molecule has 1 aliphatic carbocycles. The first-order chi connectivity index (χ1) is 10.2. The Morgan fingerprint density at radius 2 is 1.95 bits per heavy atom. The average molecular weight is 286 g/mol. The van der Waals surface area contributed by atoms with Gasteiger partial charge >= 0.3 is 0 Å². The number of aromatic hydroxyl groups is 1. The summed E-state index contributed by atoms with van der Waals surface area (Å²) in [7, 11) is 2.31. The van der Waals surface area contributed by atoms with Crippen molar-refractivity contribution in [3.05, 3.63) is 29.3 Å². The first-order valence-electron chi connectivity index (χ1n) is 8.48. The third-order valence-corrected chi connectivity index (χ3v) is 6.09. The van der Waals surface area contributed by atoms with E-state index in [2.05, 4.69) is 23.3 Å². The molecule has 2 bridgehead atoms. The minimum absolute atomic E-state index is 0.449. The van der Waals surface area contributed by atoms with Crippen LogP contribution in [0.3, 0.4) is 0 Å². The van der Waals surface area contributed by atoms with E-state index in [0.717, 1.165) is 37.4 Å². The molecular formula is C18H26N2O. The molecule has 0 aromatic heterocycles. The smallest absolute Gasteiger partial charge is 0.119 e. The number of nitrogens with zero attached hydrogens (tertiary/aromatic N) is 1. The van der Waals surface area contributed by atoms with Gasteiger partial charge in [-0.25, -0.2) is 0 Å². The minimum atomic E-state index is 0.449. The second-order valence-corrected chi connectivity index (χ2v) is 7.23. The summed E-state index contributed by atoms with van der Waals surface area (Å²) in [5.74, 6) is 1.31. The van der Waals surface area contributed by atoms with E-state index in [4.69, 9.17) is 0 Å². The highest BCUT2D eigenvalue weighted by atomic mass is 16.3. The van der Waals surface area contributed by atoms with Crippen molar-refractivity contribution in [3.63, 3.8) is 0 Å². The third kappa shape index (κ3) is 2.36. The van der Waals surface area contributed by atoms with E-state index in [1.54, 1.807) is 0 Å². The monoisotopic (exact) mass is 286 g/mol. The molecule has 2 N–H and O–H groups in total. The molecule has 4 rings (SSSR count).